The van der Waals surface area contributed by atoms with Gasteiger partial charge in [-0.1, -0.05) is 12.1 Å². The second-order valence-corrected chi connectivity index (χ2v) is 8.32. The Kier molecular flexibility index (Phi) is 5.49. The van der Waals surface area contributed by atoms with Crippen LogP contribution in [-0.4, -0.2) is 43.6 Å². The molecule has 1 fully saturated rings. The van der Waals surface area contributed by atoms with Crippen LogP contribution in [0.3, 0.4) is 0 Å². The second kappa shape index (κ2) is 8.01. The molecule has 168 valence electrons. The lowest BCUT2D eigenvalue weighted by Crippen LogP contribution is -2.51. The van der Waals surface area contributed by atoms with Crippen LogP contribution >= 0.6 is 0 Å². The maximum Gasteiger partial charge on any atom is 0.417 e. The maximum absolute atomic E-state index is 13.7. The van der Waals surface area contributed by atoms with Gasteiger partial charge in [-0.05, 0) is 44.4 Å². The van der Waals surface area contributed by atoms with Gasteiger partial charge in [0.05, 0.1) is 16.9 Å². The van der Waals surface area contributed by atoms with E-state index in [9.17, 15) is 23.2 Å². The number of fused-ring (bicyclic) bond motifs is 1. The molecule has 1 aromatic heterocycles. The van der Waals surface area contributed by atoms with Crippen LogP contribution in [0, 0.1) is 25.2 Å². The minimum absolute atomic E-state index is 0.0609. The standard InChI is InChI=1S/C23H24F3N5O/c1-14-6-4-7-18-20(14)29(3)10-11-31(18)22(32)19-8-5-9-30(19)21-16(13-27)17(23(24,25)26)12-15(2)28-21/h4,6-7,12,19H,5,8-11H2,1-3H3/t19-/m0/s1. The molecule has 2 aromatic rings. The van der Waals surface area contributed by atoms with Crippen molar-refractivity contribution in [1.82, 2.24) is 4.98 Å². The van der Waals surface area contributed by atoms with Crippen LogP contribution in [0.1, 0.15) is 35.2 Å². The fourth-order valence-electron chi connectivity index (χ4n) is 4.72. The lowest BCUT2D eigenvalue weighted by molar-refractivity contribution is -0.137. The summed E-state index contributed by atoms with van der Waals surface area (Å²) in [5.41, 5.74) is 1.43. The van der Waals surface area contributed by atoms with Gasteiger partial charge in [0.1, 0.15) is 23.5 Å². The summed E-state index contributed by atoms with van der Waals surface area (Å²) in [4.78, 5) is 23.3. The van der Waals surface area contributed by atoms with E-state index in [4.69, 9.17) is 0 Å². The van der Waals surface area contributed by atoms with E-state index < -0.39 is 23.3 Å². The van der Waals surface area contributed by atoms with Gasteiger partial charge in [-0.2, -0.15) is 18.4 Å². The van der Waals surface area contributed by atoms with Crippen LogP contribution in [0.5, 0.6) is 0 Å². The number of nitrogens with zero attached hydrogens (tertiary/aromatic N) is 5. The first-order valence-corrected chi connectivity index (χ1v) is 10.5. The topological polar surface area (TPSA) is 63.5 Å². The van der Waals surface area contributed by atoms with Gasteiger partial charge in [0, 0.05) is 32.4 Å². The Bertz CT molecular complexity index is 1110. The van der Waals surface area contributed by atoms with Gasteiger partial charge in [0.25, 0.3) is 0 Å². The van der Waals surface area contributed by atoms with Crippen LogP contribution in [-0.2, 0) is 11.0 Å². The summed E-state index contributed by atoms with van der Waals surface area (Å²) >= 11 is 0. The number of amides is 1. The van der Waals surface area contributed by atoms with Gasteiger partial charge < -0.3 is 14.7 Å². The zero-order valence-electron chi connectivity index (χ0n) is 18.2. The van der Waals surface area contributed by atoms with Crippen LogP contribution in [0.15, 0.2) is 24.3 Å². The highest BCUT2D eigenvalue weighted by atomic mass is 19.4. The highest BCUT2D eigenvalue weighted by molar-refractivity contribution is 6.03. The molecule has 1 aromatic carbocycles. The Morgan fingerprint density at radius 2 is 1.97 bits per heavy atom. The molecule has 0 bridgehead atoms. The Balaban J connectivity index is 1.75. The molecule has 1 amide bonds. The van der Waals surface area contributed by atoms with Gasteiger partial charge in [-0.15, -0.1) is 0 Å². The molecule has 0 aliphatic carbocycles. The average molecular weight is 443 g/mol. The Labute approximate surface area is 184 Å². The number of aromatic nitrogens is 1. The number of carbonyl (C=O) groups excluding carboxylic acids is 1. The first-order chi connectivity index (χ1) is 15.1. The molecule has 2 aliphatic rings. The van der Waals surface area contributed by atoms with Crippen molar-refractivity contribution in [3.63, 3.8) is 0 Å². The number of halogens is 3. The van der Waals surface area contributed by atoms with E-state index in [-0.39, 0.29) is 17.4 Å². The Morgan fingerprint density at radius 3 is 2.66 bits per heavy atom. The smallest absolute Gasteiger partial charge is 0.371 e. The number of nitriles is 1. The fraction of sp³-hybridized carbons (Fsp3) is 0.435. The first-order valence-electron chi connectivity index (χ1n) is 10.5. The van der Waals surface area contributed by atoms with Gasteiger partial charge >= 0.3 is 6.18 Å². The van der Waals surface area contributed by atoms with Gasteiger partial charge in [-0.25, -0.2) is 4.98 Å². The number of aryl methyl sites for hydroxylation is 2. The van der Waals surface area contributed by atoms with Crippen molar-refractivity contribution in [3.8, 4) is 6.07 Å². The predicted octanol–water partition coefficient (Wildman–Crippen LogP) is 4.04. The molecule has 32 heavy (non-hydrogen) atoms. The monoisotopic (exact) mass is 443 g/mol. The third kappa shape index (κ3) is 3.64. The molecule has 0 radical (unpaired) electrons. The summed E-state index contributed by atoms with van der Waals surface area (Å²) < 4.78 is 40.8. The van der Waals surface area contributed by atoms with Crippen LogP contribution in [0.2, 0.25) is 0 Å². The molecule has 2 aliphatic heterocycles. The minimum Gasteiger partial charge on any atom is -0.371 e. The molecule has 0 spiro atoms. The van der Waals surface area contributed by atoms with Crippen LogP contribution in [0.25, 0.3) is 0 Å². The minimum atomic E-state index is -4.68. The van der Waals surface area contributed by atoms with Gasteiger partial charge in [-0.3, -0.25) is 4.79 Å². The van der Waals surface area contributed by atoms with E-state index in [1.165, 1.54) is 6.92 Å². The van der Waals surface area contributed by atoms with Crippen LogP contribution in [0.4, 0.5) is 30.4 Å². The number of carbonyl (C=O) groups is 1. The number of likely N-dealkylation sites (N-methyl/N-ethyl adjacent to an activating group) is 1. The first kappa shape index (κ1) is 21.9. The van der Waals surface area contributed by atoms with Crippen molar-refractivity contribution >= 4 is 23.1 Å². The van der Waals surface area contributed by atoms with E-state index in [0.29, 0.717) is 32.5 Å². The molecule has 3 heterocycles. The second-order valence-electron chi connectivity index (χ2n) is 8.32. The predicted molar refractivity (Wildman–Crippen MR) is 116 cm³/mol. The third-order valence-electron chi connectivity index (χ3n) is 6.17. The highest BCUT2D eigenvalue weighted by Crippen LogP contribution is 2.39. The molecule has 6 nitrogen and oxygen atoms in total. The molecule has 0 unspecified atom stereocenters. The summed E-state index contributed by atoms with van der Waals surface area (Å²) in [6.07, 6.45) is -3.55. The molecule has 1 atom stereocenters. The lowest BCUT2D eigenvalue weighted by Gasteiger charge is -2.39. The van der Waals surface area contributed by atoms with Crippen LogP contribution < -0.4 is 14.7 Å². The van der Waals surface area contributed by atoms with Crippen molar-refractivity contribution in [2.45, 2.75) is 38.9 Å². The molecular weight excluding hydrogens is 419 g/mol. The van der Waals surface area contributed by atoms with E-state index in [0.717, 1.165) is 23.0 Å². The van der Waals surface area contributed by atoms with Crippen molar-refractivity contribution in [2.75, 3.05) is 41.4 Å². The molecule has 4 rings (SSSR count). The number of alkyl halides is 3. The summed E-state index contributed by atoms with van der Waals surface area (Å²) in [5, 5.41) is 9.56. The maximum atomic E-state index is 13.7. The molecular formula is C23H24F3N5O. The van der Waals surface area contributed by atoms with Gasteiger partial charge in [0.15, 0.2) is 0 Å². The highest BCUT2D eigenvalue weighted by Gasteiger charge is 2.41. The normalized spacial score (nSPS) is 18.5. The molecule has 1 saturated heterocycles. The zero-order valence-corrected chi connectivity index (χ0v) is 18.2. The number of para-hydroxylation sites is 1. The van der Waals surface area contributed by atoms with E-state index >= 15 is 0 Å². The Morgan fingerprint density at radius 1 is 1.22 bits per heavy atom. The number of pyridine rings is 1. The van der Waals surface area contributed by atoms with Crippen molar-refractivity contribution in [2.24, 2.45) is 0 Å². The number of hydrogen-bond acceptors (Lipinski definition) is 5. The SMILES string of the molecule is Cc1cc(C(F)(F)F)c(C#N)c(N2CCC[C@H]2C(=O)N2CCN(C)c3c(C)cccc32)n1. The Hall–Kier alpha value is -3.28. The number of hydrogen-bond donors (Lipinski definition) is 0. The van der Waals surface area contributed by atoms with Crippen molar-refractivity contribution < 1.29 is 18.0 Å². The van der Waals surface area contributed by atoms with E-state index in [1.807, 2.05) is 32.2 Å². The summed E-state index contributed by atoms with van der Waals surface area (Å²) in [5.74, 6) is -0.238. The summed E-state index contributed by atoms with van der Waals surface area (Å²) in [6.45, 7) is 4.95. The largest absolute Gasteiger partial charge is 0.417 e. The number of anilines is 3. The van der Waals surface area contributed by atoms with E-state index in [1.54, 1.807) is 15.9 Å². The van der Waals surface area contributed by atoms with Crippen molar-refractivity contribution in [3.05, 3.63) is 46.6 Å². The summed E-state index contributed by atoms with van der Waals surface area (Å²) in [7, 11) is 1.98. The average Bonchev–Trinajstić information content (AvgIpc) is 3.22. The molecule has 9 heteroatoms. The molecule has 0 saturated carbocycles. The fourth-order valence-corrected chi connectivity index (χ4v) is 4.72. The number of rotatable bonds is 2. The lowest BCUT2D eigenvalue weighted by atomic mass is 10.0. The molecule has 0 N–H and O–H groups in total. The van der Waals surface area contributed by atoms with Crippen molar-refractivity contribution in [1.29, 1.82) is 5.26 Å². The quantitative estimate of drug-likeness (QED) is 0.701. The van der Waals surface area contributed by atoms with E-state index in [2.05, 4.69) is 9.88 Å². The number of benzene rings is 1. The zero-order chi connectivity index (χ0) is 23.2. The summed E-state index contributed by atoms with van der Waals surface area (Å²) in [6, 6.07) is 7.67. The third-order valence-corrected chi connectivity index (χ3v) is 6.17. The van der Waals surface area contributed by atoms with Gasteiger partial charge in [0.2, 0.25) is 5.91 Å².